The van der Waals surface area contributed by atoms with E-state index in [1.807, 2.05) is 27.7 Å². The molecule has 5 rings (SSSR count). The van der Waals surface area contributed by atoms with E-state index in [-0.39, 0.29) is 31.3 Å². The van der Waals surface area contributed by atoms with Gasteiger partial charge in [0.05, 0.1) is 35.8 Å². The van der Waals surface area contributed by atoms with Crippen molar-refractivity contribution < 1.29 is 23.5 Å². The van der Waals surface area contributed by atoms with Crippen LogP contribution in [0.1, 0.15) is 64.8 Å². The van der Waals surface area contributed by atoms with Gasteiger partial charge in [-0.15, -0.1) is 0 Å². The van der Waals surface area contributed by atoms with Crippen molar-refractivity contribution in [2.75, 3.05) is 25.0 Å². The van der Waals surface area contributed by atoms with Gasteiger partial charge in [0, 0.05) is 36.5 Å². The summed E-state index contributed by atoms with van der Waals surface area (Å²) in [5, 5.41) is 7.84. The van der Waals surface area contributed by atoms with Gasteiger partial charge < -0.3 is 19.9 Å². The van der Waals surface area contributed by atoms with Crippen LogP contribution in [-0.4, -0.2) is 68.0 Å². The Morgan fingerprint density at radius 1 is 1.02 bits per heavy atom. The molecule has 0 bridgehead atoms. The van der Waals surface area contributed by atoms with Crippen molar-refractivity contribution in [2.24, 2.45) is 5.41 Å². The Morgan fingerprint density at radius 2 is 1.77 bits per heavy atom. The molecule has 2 aliphatic heterocycles. The van der Waals surface area contributed by atoms with E-state index in [9.17, 15) is 18.8 Å². The lowest BCUT2D eigenvalue weighted by atomic mass is 9.91. The number of piperazine rings is 1. The van der Waals surface area contributed by atoms with Crippen LogP contribution in [0.15, 0.2) is 42.9 Å². The van der Waals surface area contributed by atoms with Crippen LogP contribution in [0.2, 0.25) is 0 Å². The Morgan fingerprint density at radius 3 is 2.45 bits per heavy atom. The van der Waals surface area contributed by atoms with Gasteiger partial charge in [0.1, 0.15) is 5.82 Å². The number of aromatic nitrogens is 3. The van der Waals surface area contributed by atoms with Crippen LogP contribution in [0.3, 0.4) is 0 Å². The van der Waals surface area contributed by atoms with Crippen LogP contribution in [0.4, 0.5) is 10.1 Å². The molecule has 2 aliphatic rings. The molecule has 10 nitrogen and oxygen atoms in total. The first kappa shape index (κ1) is 27.7. The SMILES string of the molecule is C[C@@H]1CN(C(=O)C(=O)Nc2cncc3c2cnn3C2CCCCO2)[C@@H](c2ccc(F)cc2)CN1C(=O)C(C)(C)C. The summed E-state index contributed by atoms with van der Waals surface area (Å²) in [5.41, 5.74) is 1.08. The molecule has 1 unspecified atom stereocenters. The van der Waals surface area contributed by atoms with Crippen molar-refractivity contribution in [3.63, 3.8) is 0 Å². The number of nitrogens with one attached hydrogen (secondary N) is 1. The summed E-state index contributed by atoms with van der Waals surface area (Å²) >= 11 is 0. The van der Waals surface area contributed by atoms with E-state index in [0.29, 0.717) is 28.8 Å². The van der Waals surface area contributed by atoms with Gasteiger partial charge in [0.15, 0.2) is 6.23 Å². The van der Waals surface area contributed by atoms with Crippen molar-refractivity contribution in [1.29, 1.82) is 0 Å². The first-order valence-corrected chi connectivity index (χ1v) is 13.7. The minimum absolute atomic E-state index is 0.0552. The number of carbonyl (C=O) groups is 3. The molecule has 11 heteroatoms. The van der Waals surface area contributed by atoms with Gasteiger partial charge in [-0.25, -0.2) is 9.07 Å². The second-order valence-corrected chi connectivity index (χ2v) is 11.6. The molecule has 4 heterocycles. The van der Waals surface area contributed by atoms with Crippen molar-refractivity contribution in [2.45, 2.75) is 65.3 Å². The van der Waals surface area contributed by atoms with E-state index in [0.717, 1.165) is 19.3 Å². The van der Waals surface area contributed by atoms with Gasteiger partial charge in [-0.2, -0.15) is 5.10 Å². The molecule has 2 saturated heterocycles. The van der Waals surface area contributed by atoms with Crippen LogP contribution in [0, 0.1) is 11.2 Å². The highest BCUT2D eigenvalue weighted by atomic mass is 19.1. The smallest absolute Gasteiger partial charge is 0.313 e. The van der Waals surface area contributed by atoms with E-state index < -0.39 is 29.1 Å². The Kier molecular flexibility index (Phi) is 7.59. The lowest BCUT2D eigenvalue weighted by Crippen LogP contribution is -2.60. The first-order valence-electron chi connectivity index (χ1n) is 13.7. The highest BCUT2D eigenvalue weighted by molar-refractivity contribution is 6.40. The highest BCUT2D eigenvalue weighted by Gasteiger charge is 2.42. The Labute approximate surface area is 232 Å². The second-order valence-electron chi connectivity index (χ2n) is 11.6. The molecule has 2 aromatic heterocycles. The van der Waals surface area contributed by atoms with Gasteiger partial charge in [0.2, 0.25) is 5.91 Å². The van der Waals surface area contributed by atoms with Gasteiger partial charge in [-0.3, -0.25) is 19.4 Å². The number of fused-ring (bicyclic) bond motifs is 1. The Hall–Kier alpha value is -3.86. The number of halogens is 1. The number of anilines is 1. The zero-order valence-electron chi connectivity index (χ0n) is 23.3. The van der Waals surface area contributed by atoms with Crippen molar-refractivity contribution in [3.05, 3.63) is 54.2 Å². The number of hydrogen-bond donors (Lipinski definition) is 1. The number of carbonyl (C=O) groups excluding carboxylic acids is 3. The third kappa shape index (κ3) is 5.42. The van der Waals surface area contributed by atoms with Crippen molar-refractivity contribution >= 4 is 34.3 Å². The molecular formula is C29H35FN6O4. The minimum atomic E-state index is -0.828. The summed E-state index contributed by atoms with van der Waals surface area (Å²) in [5.74, 6) is -2.04. The maximum Gasteiger partial charge on any atom is 0.313 e. The third-order valence-corrected chi connectivity index (χ3v) is 7.55. The second kappa shape index (κ2) is 11.0. The van der Waals surface area contributed by atoms with E-state index in [1.54, 1.807) is 34.1 Å². The summed E-state index contributed by atoms with van der Waals surface area (Å²) in [7, 11) is 0. The average molecular weight is 551 g/mol. The maximum absolute atomic E-state index is 13.7. The molecule has 0 aliphatic carbocycles. The van der Waals surface area contributed by atoms with Gasteiger partial charge in [-0.05, 0) is 43.9 Å². The summed E-state index contributed by atoms with van der Waals surface area (Å²) in [6, 6.07) is 4.85. The number of amides is 3. The summed E-state index contributed by atoms with van der Waals surface area (Å²) in [4.78, 5) is 47.7. The molecule has 1 aromatic carbocycles. The molecule has 3 aromatic rings. The Balaban J connectivity index is 1.40. The van der Waals surface area contributed by atoms with Crippen molar-refractivity contribution in [3.8, 4) is 0 Å². The summed E-state index contributed by atoms with van der Waals surface area (Å²) in [6.45, 7) is 8.38. The maximum atomic E-state index is 13.7. The molecule has 40 heavy (non-hydrogen) atoms. The van der Waals surface area contributed by atoms with Crippen LogP contribution in [0.25, 0.3) is 10.9 Å². The average Bonchev–Trinajstić information content (AvgIpc) is 3.38. The number of pyridine rings is 1. The van der Waals surface area contributed by atoms with E-state index in [1.165, 1.54) is 23.2 Å². The van der Waals surface area contributed by atoms with Gasteiger partial charge in [0.25, 0.3) is 0 Å². The number of ether oxygens (including phenoxy) is 1. The van der Waals surface area contributed by atoms with Crippen LogP contribution in [-0.2, 0) is 19.1 Å². The molecule has 0 spiro atoms. The summed E-state index contributed by atoms with van der Waals surface area (Å²) < 4.78 is 21.3. The topological polar surface area (TPSA) is 110 Å². The third-order valence-electron chi connectivity index (χ3n) is 7.55. The quantitative estimate of drug-likeness (QED) is 0.493. The molecule has 0 saturated carbocycles. The molecule has 2 fully saturated rings. The fourth-order valence-corrected chi connectivity index (χ4v) is 5.40. The number of nitrogens with zero attached hydrogens (tertiary/aromatic N) is 5. The zero-order valence-corrected chi connectivity index (χ0v) is 23.3. The van der Waals surface area contributed by atoms with E-state index in [4.69, 9.17) is 4.74 Å². The first-order chi connectivity index (χ1) is 19.0. The molecule has 212 valence electrons. The molecule has 0 radical (unpaired) electrons. The van der Waals surface area contributed by atoms with Crippen LogP contribution in [0.5, 0.6) is 0 Å². The summed E-state index contributed by atoms with van der Waals surface area (Å²) in [6.07, 6.45) is 7.45. The molecule has 1 N–H and O–H groups in total. The monoisotopic (exact) mass is 550 g/mol. The lowest BCUT2D eigenvalue weighted by Gasteiger charge is -2.46. The molecular weight excluding hydrogens is 515 g/mol. The fourth-order valence-electron chi connectivity index (χ4n) is 5.40. The normalized spacial score (nSPS) is 21.9. The molecule has 3 amide bonds. The number of rotatable bonds is 3. The lowest BCUT2D eigenvalue weighted by molar-refractivity contribution is -0.154. The predicted molar refractivity (Wildman–Crippen MR) is 146 cm³/mol. The van der Waals surface area contributed by atoms with Crippen LogP contribution < -0.4 is 5.32 Å². The largest absolute Gasteiger partial charge is 0.356 e. The minimum Gasteiger partial charge on any atom is -0.356 e. The standard InChI is InChI=1S/C29H35FN6O4/c1-18-16-35(24(19-8-10-20(30)11-9-19)17-34(18)28(39)29(2,3)4)27(38)26(37)33-22-14-31-15-23-21(22)13-32-36(23)25-7-5-6-12-40-25/h8-11,13-15,18,24-25H,5-7,12,16-17H2,1-4H3,(H,33,37)/t18-,24-,25?/m1/s1. The fraction of sp³-hybridized carbons (Fsp3) is 0.483. The number of hydrogen-bond acceptors (Lipinski definition) is 6. The van der Waals surface area contributed by atoms with Gasteiger partial charge >= 0.3 is 11.8 Å². The molecule has 3 atom stereocenters. The van der Waals surface area contributed by atoms with Gasteiger partial charge in [-0.1, -0.05) is 32.9 Å². The predicted octanol–water partition coefficient (Wildman–Crippen LogP) is 4.05. The zero-order chi connectivity index (χ0) is 28.6. The van der Waals surface area contributed by atoms with Crippen LogP contribution >= 0.6 is 0 Å². The van der Waals surface area contributed by atoms with E-state index >= 15 is 0 Å². The van der Waals surface area contributed by atoms with Crippen molar-refractivity contribution in [1.82, 2.24) is 24.6 Å². The Bertz CT molecular complexity index is 1410. The van der Waals surface area contributed by atoms with E-state index in [2.05, 4.69) is 15.4 Å². The highest BCUT2D eigenvalue weighted by Crippen LogP contribution is 2.32. The number of benzene rings is 1.